The van der Waals surface area contributed by atoms with E-state index in [0.29, 0.717) is 12.1 Å². The summed E-state index contributed by atoms with van der Waals surface area (Å²) in [5, 5.41) is 10.1. The summed E-state index contributed by atoms with van der Waals surface area (Å²) in [5.74, 6) is -0.430. The highest BCUT2D eigenvalue weighted by Gasteiger charge is 2.25. The lowest BCUT2D eigenvalue weighted by atomic mass is 10.2. The minimum Gasteiger partial charge on any atom is -0.459 e. The summed E-state index contributed by atoms with van der Waals surface area (Å²) in [6, 6.07) is 0. The average Bonchev–Trinajstić information content (AvgIpc) is 2.53. The second-order valence-corrected chi connectivity index (χ2v) is 9.13. The third-order valence-electron chi connectivity index (χ3n) is 3.69. The van der Waals surface area contributed by atoms with Crippen molar-refractivity contribution in [2.45, 2.75) is 52.6 Å². The van der Waals surface area contributed by atoms with Crippen molar-refractivity contribution in [1.82, 2.24) is 0 Å². The highest BCUT2D eigenvalue weighted by Crippen LogP contribution is 2.12. The quantitative estimate of drug-likeness (QED) is 0.191. The Hall–Kier alpha value is -1.15. The van der Waals surface area contributed by atoms with Gasteiger partial charge in [0.05, 0.1) is 20.1 Å². The first kappa shape index (κ1) is 30.0. The van der Waals surface area contributed by atoms with Gasteiger partial charge in [-0.1, -0.05) is 33.3 Å². The van der Waals surface area contributed by atoms with Crippen LogP contribution in [0.25, 0.3) is 4.13 Å². The Balaban J connectivity index is 0. The molecule has 13 heteroatoms. The molecule has 0 aromatic rings. The van der Waals surface area contributed by atoms with E-state index < -0.39 is 32.9 Å². The van der Waals surface area contributed by atoms with Gasteiger partial charge in [-0.3, -0.25) is 0 Å². The zero-order chi connectivity index (χ0) is 23.3. The fourth-order valence-electron chi connectivity index (χ4n) is 2.34. The summed E-state index contributed by atoms with van der Waals surface area (Å²) in [6.07, 6.45) is 4.00. The van der Waals surface area contributed by atoms with Crippen LogP contribution < -0.4 is 0 Å². The lowest BCUT2D eigenvalue weighted by Crippen LogP contribution is -2.51. The second-order valence-electron chi connectivity index (χ2n) is 6.89. The van der Waals surface area contributed by atoms with E-state index in [1.54, 1.807) is 6.92 Å². The Morgan fingerprint density at radius 2 is 1.52 bits per heavy atom. The van der Waals surface area contributed by atoms with Crippen LogP contribution in [0.5, 0.6) is 0 Å². The van der Waals surface area contributed by atoms with Crippen LogP contribution in [-0.4, -0.2) is 71.8 Å². The summed E-state index contributed by atoms with van der Waals surface area (Å²) in [7, 11) is -9.06. The maximum Gasteiger partial charge on any atom is 0.333 e. The number of aliphatic hydroxyl groups is 1. The Kier molecular flexibility index (Phi) is 14.5. The third-order valence-corrected chi connectivity index (χ3v) is 5.11. The predicted octanol–water partition coefficient (Wildman–Crippen LogP) is 2.30. The van der Waals surface area contributed by atoms with Crippen LogP contribution in [0.2, 0.25) is 0 Å². The minimum absolute atomic E-state index is 0.0534. The topological polar surface area (TPSA) is 129 Å². The van der Waals surface area contributed by atoms with E-state index in [1.165, 1.54) is 0 Å². The van der Waals surface area contributed by atoms with Crippen LogP contribution in [0.1, 0.15) is 46.5 Å². The molecule has 0 aliphatic carbocycles. The Labute approximate surface area is 173 Å². The second kappa shape index (κ2) is 14.0. The predicted molar refractivity (Wildman–Crippen MR) is 106 cm³/mol. The number of halogens is 2. The number of ether oxygens (including phenoxy) is 1. The summed E-state index contributed by atoms with van der Waals surface area (Å²) in [4.78, 5) is 11.3. The number of likely N-dealkylation sites (N-methyl/N-ethyl adjacent to an activating group) is 1. The zero-order valence-corrected chi connectivity index (χ0v) is 18.9. The molecule has 0 aromatic carbocycles. The number of hydrogen-bond donors (Lipinski definition) is 1. The Morgan fingerprint density at radius 3 is 1.79 bits per heavy atom. The van der Waals surface area contributed by atoms with Gasteiger partial charge in [0, 0.05) is 5.57 Å². The summed E-state index contributed by atoms with van der Waals surface area (Å²) in [6.45, 7) is 12.3. The van der Waals surface area contributed by atoms with Crippen LogP contribution in [0, 0.1) is 0 Å². The van der Waals surface area contributed by atoms with Gasteiger partial charge in [0.1, 0.15) is 19.3 Å². The summed E-state index contributed by atoms with van der Waals surface area (Å²) in [5.41, 5.74) is 0.367. The van der Waals surface area contributed by atoms with Gasteiger partial charge in [-0.25, -0.2) is 21.6 Å². The molecule has 0 spiro atoms. The van der Waals surface area contributed by atoms with E-state index in [9.17, 15) is 34.5 Å². The molecule has 1 atom stereocenters. The number of rotatable bonds is 13. The molecular formula is C16H32F2N2O7S2. The van der Waals surface area contributed by atoms with Gasteiger partial charge in [-0.15, -0.1) is 7.77 Å². The normalized spacial score (nSPS) is 13.2. The van der Waals surface area contributed by atoms with Crippen LogP contribution >= 0.6 is 0 Å². The molecule has 9 nitrogen and oxygen atoms in total. The molecule has 0 saturated heterocycles. The Morgan fingerprint density at radius 1 is 1.10 bits per heavy atom. The molecule has 0 heterocycles. The number of carbonyl (C=O) groups excluding carboxylic acids is 1. The first-order chi connectivity index (χ1) is 13.0. The van der Waals surface area contributed by atoms with E-state index in [-0.39, 0.29) is 6.61 Å². The van der Waals surface area contributed by atoms with Crippen molar-refractivity contribution in [1.29, 1.82) is 0 Å². The standard InChI is InChI=1S/C16H32NO3.F2NO4S2/c1-6-8-10-17(5,11-9-7-2)12-15(18)13-20-16(19)14(3)4;1-8(4,5)3-9(2,6)7/h15,18H,3,6-13H2,1-2,4-5H3;/q+1;-1. The summed E-state index contributed by atoms with van der Waals surface area (Å²) < 4.78 is 65.9. The van der Waals surface area contributed by atoms with Crippen molar-refractivity contribution in [2.24, 2.45) is 0 Å². The van der Waals surface area contributed by atoms with Gasteiger partial charge in [0.2, 0.25) is 20.8 Å². The number of nitrogens with zero attached hydrogens (tertiary/aromatic N) is 2. The van der Waals surface area contributed by atoms with E-state index in [0.717, 1.165) is 47.4 Å². The van der Waals surface area contributed by atoms with Crippen molar-refractivity contribution in [3.8, 4) is 0 Å². The fourth-order valence-corrected chi connectivity index (χ4v) is 3.19. The molecule has 0 aromatic heterocycles. The number of esters is 1. The van der Waals surface area contributed by atoms with Gasteiger partial charge in [-0.05, 0) is 19.8 Å². The van der Waals surface area contributed by atoms with Crippen LogP contribution in [-0.2, 0) is 30.3 Å². The maximum absolute atomic E-state index is 11.3. The molecule has 0 rings (SSSR count). The number of unbranched alkanes of at least 4 members (excludes halogenated alkanes) is 2. The molecule has 0 amide bonds. The van der Waals surface area contributed by atoms with Crippen molar-refractivity contribution in [3.63, 3.8) is 0 Å². The SMILES string of the molecule is C=C(C)C(=O)OCC(O)C[N+](C)(CCCC)CCCC.O=S(=O)(F)[N-]S(=O)(=O)F. The van der Waals surface area contributed by atoms with E-state index in [2.05, 4.69) is 27.5 Å². The van der Waals surface area contributed by atoms with Crippen LogP contribution in [0.3, 0.4) is 0 Å². The van der Waals surface area contributed by atoms with E-state index in [1.807, 2.05) is 0 Å². The first-order valence-electron chi connectivity index (χ1n) is 9.03. The highest BCUT2D eigenvalue weighted by atomic mass is 32.3. The molecule has 29 heavy (non-hydrogen) atoms. The maximum atomic E-state index is 11.3. The number of hydrogen-bond acceptors (Lipinski definition) is 7. The van der Waals surface area contributed by atoms with Crippen molar-refractivity contribution < 1.29 is 43.7 Å². The number of quaternary nitrogens is 1. The van der Waals surface area contributed by atoms with Crippen LogP contribution in [0.15, 0.2) is 12.2 Å². The molecule has 0 bridgehead atoms. The van der Waals surface area contributed by atoms with Crippen molar-refractivity contribution in [2.75, 3.05) is 33.3 Å². The molecule has 0 saturated carbocycles. The third kappa shape index (κ3) is 19.9. The summed E-state index contributed by atoms with van der Waals surface area (Å²) >= 11 is 0. The van der Waals surface area contributed by atoms with Gasteiger partial charge < -0.3 is 18.5 Å². The monoisotopic (exact) mass is 466 g/mol. The smallest absolute Gasteiger partial charge is 0.333 e. The van der Waals surface area contributed by atoms with Crippen LogP contribution in [0.4, 0.5) is 7.77 Å². The van der Waals surface area contributed by atoms with Gasteiger partial charge in [0.25, 0.3) is 0 Å². The highest BCUT2D eigenvalue weighted by molar-refractivity contribution is 8.07. The van der Waals surface area contributed by atoms with Gasteiger partial charge in [0.15, 0.2) is 0 Å². The lowest BCUT2D eigenvalue weighted by Gasteiger charge is -2.36. The van der Waals surface area contributed by atoms with E-state index in [4.69, 9.17) is 4.74 Å². The average molecular weight is 467 g/mol. The van der Waals surface area contributed by atoms with Gasteiger partial charge in [-0.2, -0.15) is 0 Å². The minimum atomic E-state index is -5.62. The molecule has 174 valence electrons. The van der Waals surface area contributed by atoms with E-state index >= 15 is 0 Å². The number of aliphatic hydroxyl groups excluding tert-OH is 1. The Bertz CT molecular complexity index is 675. The molecule has 1 N–H and O–H groups in total. The first-order valence-corrected chi connectivity index (χ1v) is 11.7. The van der Waals surface area contributed by atoms with Crippen molar-refractivity contribution >= 4 is 26.8 Å². The molecule has 0 aliphatic rings. The molecule has 0 fully saturated rings. The molecular weight excluding hydrogens is 434 g/mol. The van der Waals surface area contributed by atoms with Crippen molar-refractivity contribution in [3.05, 3.63) is 16.3 Å². The molecule has 0 radical (unpaired) electrons. The lowest BCUT2D eigenvalue weighted by molar-refractivity contribution is -0.913. The van der Waals surface area contributed by atoms with Gasteiger partial charge >= 0.3 is 5.97 Å². The fraction of sp³-hybridized carbons (Fsp3) is 0.812. The number of carbonyl (C=O) groups is 1. The molecule has 0 aliphatic heterocycles. The largest absolute Gasteiger partial charge is 0.459 e. The molecule has 1 unspecified atom stereocenters. The zero-order valence-electron chi connectivity index (χ0n) is 17.3.